The summed E-state index contributed by atoms with van der Waals surface area (Å²) in [5.41, 5.74) is 2.83. The highest BCUT2D eigenvalue weighted by molar-refractivity contribution is 6.03. The number of unbranched alkanes of at least 4 members (excludes halogenated alkanes) is 2. The van der Waals surface area contributed by atoms with Crippen molar-refractivity contribution in [1.29, 1.82) is 0 Å². The number of methoxy groups -OCH3 is 2. The van der Waals surface area contributed by atoms with E-state index in [4.69, 9.17) is 42.7 Å². The molecule has 0 radical (unpaired) electrons. The third-order valence-electron chi connectivity index (χ3n) is 13.4. The van der Waals surface area contributed by atoms with Crippen molar-refractivity contribution in [3.05, 3.63) is 124 Å². The van der Waals surface area contributed by atoms with Crippen LogP contribution in [-0.2, 0) is 16.1 Å². The number of nitrogens with zero attached hydrogens (tertiary/aromatic N) is 3. The monoisotopic (exact) mass is 978 g/mol. The lowest BCUT2D eigenvalue weighted by molar-refractivity contribution is -0.384. The van der Waals surface area contributed by atoms with E-state index in [1.54, 1.807) is 54.6 Å². The molecule has 4 aromatic carbocycles. The zero-order valence-electron chi connectivity index (χ0n) is 39.8. The number of ether oxygens (including phenoxy) is 8. The minimum atomic E-state index is -1.69. The number of hydrogen-bond acceptors (Lipinski definition) is 16. The number of aliphatic hydroxyl groups excluding tert-OH is 2. The van der Waals surface area contributed by atoms with Gasteiger partial charge < -0.3 is 52.9 Å². The molecule has 2 aliphatic carbocycles. The first-order valence-corrected chi connectivity index (χ1v) is 23.5. The summed E-state index contributed by atoms with van der Waals surface area (Å²) >= 11 is 0. The number of oxime groups is 1. The van der Waals surface area contributed by atoms with Crippen molar-refractivity contribution in [3.63, 3.8) is 0 Å². The summed E-state index contributed by atoms with van der Waals surface area (Å²) in [4.78, 5) is 46.8. The SMILES string of the molecule is C=CCO[C@@]12Oc3ccc(OC(=O)Nc4ccc(OC)cc4OC)cc3[C@H]3[C@H](CCCCO)[C@@H](CCCCO)C=C(C(=NOC)C[C@@H]1N(Cc1ccc4c(c1)OCO4)C(=O)Oc1ccc([N+](=O)[O-])cc1)[C@H]32. The Morgan fingerprint density at radius 1 is 0.887 bits per heavy atom. The van der Waals surface area contributed by atoms with Gasteiger partial charge in [0.2, 0.25) is 12.6 Å². The largest absolute Gasteiger partial charge is 0.497 e. The Balaban J connectivity index is 1.28. The summed E-state index contributed by atoms with van der Waals surface area (Å²) in [5, 5.41) is 38.9. The summed E-state index contributed by atoms with van der Waals surface area (Å²) in [6.07, 6.45) is 6.12. The predicted octanol–water partition coefficient (Wildman–Crippen LogP) is 8.92. The number of fused-ring (bicyclic) bond motifs is 3. The van der Waals surface area contributed by atoms with Crippen LogP contribution in [0.5, 0.6) is 40.2 Å². The number of nitrogens with one attached hydrogen (secondary N) is 1. The Morgan fingerprint density at radius 2 is 1.62 bits per heavy atom. The third-order valence-corrected chi connectivity index (χ3v) is 13.4. The number of rotatable bonds is 21. The average Bonchev–Trinajstić information content (AvgIpc) is 3.85. The Morgan fingerprint density at radius 3 is 2.34 bits per heavy atom. The van der Waals surface area contributed by atoms with Crippen LogP contribution < -0.4 is 38.5 Å². The quantitative estimate of drug-likeness (QED) is 0.0306. The van der Waals surface area contributed by atoms with E-state index in [1.807, 2.05) is 6.07 Å². The van der Waals surface area contributed by atoms with Crippen molar-refractivity contribution in [2.45, 2.75) is 69.2 Å². The van der Waals surface area contributed by atoms with Gasteiger partial charge in [-0.05, 0) is 103 Å². The molecule has 3 N–H and O–H groups in total. The van der Waals surface area contributed by atoms with Crippen LogP contribution in [0.4, 0.5) is 21.0 Å². The highest BCUT2D eigenvalue weighted by Crippen LogP contribution is 2.62. The molecule has 0 saturated heterocycles. The van der Waals surface area contributed by atoms with Gasteiger partial charge in [0.25, 0.3) is 5.69 Å². The molecule has 1 fully saturated rings. The average molecular weight is 979 g/mol. The van der Waals surface area contributed by atoms with Crippen LogP contribution in [-0.4, -0.2) is 97.7 Å². The minimum Gasteiger partial charge on any atom is -0.497 e. The second-order valence-corrected chi connectivity index (χ2v) is 17.5. The van der Waals surface area contributed by atoms with E-state index in [2.05, 4.69) is 23.1 Å². The Hall–Kier alpha value is -7.35. The molecule has 2 amide bonds. The number of amides is 2. The van der Waals surface area contributed by atoms with Crippen molar-refractivity contribution in [1.82, 2.24) is 4.90 Å². The lowest BCUT2D eigenvalue weighted by Crippen LogP contribution is -2.70. The summed E-state index contributed by atoms with van der Waals surface area (Å²) in [7, 11) is 4.45. The number of aliphatic hydroxyl groups is 2. The van der Waals surface area contributed by atoms with Crippen LogP contribution in [0.2, 0.25) is 0 Å². The van der Waals surface area contributed by atoms with Crippen molar-refractivity contribution in [3.8, 4) is 40.2 Å². The number of allylic oxidation sites excluding steroid dienone is 1. The maximum atomic E-state index is 15.1. The fourth-order valence-electron chi connectivity index (χ4n) is 10.3. The molecular formula is C52H58N4O15. The number of hydrogen-bond donors (Lipinski definition) is 3. The first-order chi connectivity index (χ1) is 34.5. The van der Waals surface area contributed by atoms with Gasteiger partial charge in [-0.15, -0.1) is 6.58 Å². The number of nitro benzene ring substituents is 1. The highest BCUT2D eigenvalue weighted by atomic mass is 16.7. The molecule has 19 heteroatoms. The molecule has 4 aromatic rings. The number of carbonyl (C=O) groups is 2. The molecule has 1 saturated carbocycles. The molecule has 71 heavy (non-hydrogen) atoms. The Bertz CT molecular complexity index is 2640. The van der Waals surface area contributed by atoms with Crippen LogP contribution in [0.15, 0.2) is 108 Å². The molecule has 2 aliphatic heterocycles. The normalized spacial score (nSPS) is 21.9. The molecule has 0 aromatic heterocycles. The molecule has 0 bridgehead atoms. The van der Waals surface area contributed by atoms with Gasteiger partial charge in [0.15, 0.2) is 11.5 Å². The van der Waals surface area contributed by atoms with Crippen molar-refractivity contribution >= 4 is 29.3 Å². The standard InChI is InChI=1S/C52H58N4O15/c1-5-24-68-52-47(55(30-32-12-20-44-46(25-32)67-31-66-44)51(60)70-35-15-13-34(14-16-35)56(61)62)29-42(54-65-4)39-26-33(10-6-8-22-57)38(11-7-9-23-58)48(49(39)52)40-27-37(18-21-43(40)71-52)69-50(59)53-41-19-17-36(63-2)28-45(41)64-3/h5,12-21,25-28,33,38,47-49,57-58H,1,6-11,22-24,29-31H2,2-4H3,(H,53,59)/t33-,38+,47-,48+,49+,52+/m0/s1. The number of benzene rings is 4. The van der Waals surface area contributed by atoms with E-state index in [-0.39, 0.29) is 68.6 Å². The van der Waals surface area contributed by atoms with E-state index in [1.165, 1.54) is 50.5 Å². The van der Waals surface area contributed by atoms with E-state index in [9.17, 15) is 25.1 Å². The van der Waals surface area contributed by atoms with Crippen LogP contribution in [0, 0.1) is 27.9 Å². The van der Waals surface area contributed by atoms with E-state index in [0.29, 0.717) is 83.4 Å². The Labute approximate surface area is 410 Å². The smallest absolute Gasteiger partial charge is 0.417 e. The summed E-state index contributed by atoms with van der Waals surface area (Å²) in [6, 6.07) is 19.6. The molecule has 0 unspecified atom stereocenters. The molecular weight excluding hydrogens is 921 g/mol. The van der Waals surface area contributed by atoms with Crippen LogP contribution in [0.25, 0.3) is 0 Å². The van der Waals surface area contributed by atoms with Crippen molar-refractivity contribution in [2.75, 3.05) is 53.3 Å². The molecule has 2 heterocycles. The summed E-state index contributed by atoms with van der Waals surface area (Å²) in [6.45, 7) is 3.97. The van der Waals surface area contributed by atoms with Gasteiger partial charge in [-0.3, -0.25) is 20.3 Å². The molecule has 4 aliphatic rings. The second-order valence-electron chi connectivity index (χ2n) is 17.5. The first kappa shape index (κ1) is 50.1. The maximum Gasteiger partial charge on any atom is 0.417 e. The van der Waals surface area contributed by atoms with Gasteiger partial charge in [0.1, 0.15) is 41.9 Å². The van der Waals surface area contributed by atoms with Crippen LogP contribution in [0.1, 0.15) is 62.0 Å². The molecule has 19 nitrogen and oxygen atoms in total. The third kappa shape index (κ3) is 10.7. The van der Waals surface area contributed by atoms with Crippen LogP contribution >= 0.6 is 0 Å². The summed E-state index contributed by atoms with van der Waals surface area (Å²) < 4.78 is 48.6. The minimum absolute atomic E-state index is 0.00629. The summed E-state index contributed by atoms with van der Waals surface area (Å²) in [5.74, 6) is -0.477. The lowest BCUT2D eigenvalue weighted by atomic mass is 9.55. The van der Waals surface area contributed by atoms with Gasteiger partial charge in [-0.1, -0.05) is 36.2 Å². The van der Waals surface area contributed by atoms with Crippen LogP contribution in [0.3, 0.4) is 0 Å². The van der Waals surface area contributed by atoms with E-state index in [0.717, 1.165) is 12.0 Å². The zero-order valence-corrected chi connectivity index (χ0v) is 39.8. The van der Waals surface area contributed by atoms with E-state index < -0.39 is 40.8 Å². The number of nitro groups is 1. The second kappa shape index (κ2) is 22.6. The maximum absolute atomic E-state index is 15.1. The van der Waals surface area contributed by atoms with Crippen molar-refractivity contribution < 1.29 is 67.5 Å². The van der Waals surface area contributed by atoms with Gasteiger partial charge in [-0.25, -0.2) is 9.59 Å². The van der Waals surface area contributed by atoms with Crippen molar-refractivity contribution in [2.24, 2.45) is 22.9 Å². The fraction of sp³-hybridized carbons (Fsp3) is 0.404. The topological polar surface area (TPSA) is 228 Å². The zero-order chi connectivity index (χ0) is 50.1. The van der Waals surface area contributed by atoms with E-state index >= 15 is 4.79 Å². The fourth-order valence-corrected chi connectivity index (χ4v) is 10.3. The number of non-ortho nitro benzene ring substituents is 1. The molecule has 6 atom stereocenters. The van der Waals surface area contributed by atoms with Gasteiger partial charge in [0, 0.05) is 55.9 Å². The first-order valence-electron chi connectivity index (χ1n) is 23.5. The molecule has 8 rings (SSSR count). The van der Waals surface area contributed by atoms with Gasteiger partial charge >= 0.3 is 12.2 Å². The predicted molar refractivity (Wildman–Crippen MR) is 258 cm³/mol. The van der Waals surface area contributed by atoms with Gasteiger partial charge in [0.05, 0.1) is 43.1 Å². The lowest BCUT2D eigenvalue weighted by Gasteiger charge is -2.59. The number of carbonyl (C=O) groups excluding carboxylic acids is 2. The van der Waals surface area contributed by atoms with Gasteiger partial charge in [-0.2, -0.15) is 0 Å². The highest BCUT2D eigenvalue weighted by Gasteiger charge is 2.66. The Kier molecular flexibility index (Phi) is 15.9. The number of anilines is 1. The molecule has 376 valence electrons. The molecule has 0 spiro atoms.